The third-order valence-electron chi connectivity index (χ3n) is 1.77. The number of hydrogen-bond acceptors (Lipinski definition) is 3. The number of nitrogens with zero attached hydrogens (tertiary/aromatic N) is 2. The lowest BCUT2D eigenvalue weighted by Gasteiger charge is -2.11. The van der Waals surface area contributed by atoms with E-state index >= 15 is 0 Å². The number of aromatic nitrogens is 2. The molecular formula is C7H9N3OS. The van der Waals surface area contributed by atoms with Crippen molar-refractivity contribution in [1.82, 2.24) is 14.9 Å². The molecule has 1 aliphatic rings. The summed E-state index contributed by atoms with van der Waals surface area (Å²) in [6, 6.07) is 0. The Morgan fingerprint density at radius 2 is 2.67 bits per heavy atom. The molecule has 0 atom stereocenters. The molecule has 1 fully saturated rings. The summed E-state index contributed by atoms with van der Waals surface area (Å²) in [4.78, 5) is 20.0. The van der Waals surface area contributed by atoms with Gasteiger partial charge < -0.3 is 9.88 Å². The molecule has 1 amide bonds. The largest absolute Gasteiger partial charge is 0.341 e. The topological polar surface area (TPSA) is 49.0 Å². The predicted molar refractivity (Wildman–Crippen MR) is 46.9 cm³/mol. The van der Waals surface area contributed by atoms with Gasteiger partial charge in [-0.3, -0.25) is 4.79 Å². The van der Waals surface area contributed by atoms with Crippen LogP contribution in [0.2, 0.25) is 0 Å². The van der Waals surface area contributed by atoms with Crippen LogP contribution in [-0.2, 0) is 0 Å². The first kappa shape index (κ1) is 7.67. The number of H-pyrrole nitrogens is 1. The van der Waals surface area contributed by atoms with Gasteiger partial charge in [-0.15, -0.1) is 11.8 Å². The Bertz CT molecular complexity index is 266. The van der Waals surface area contributed by atoms with Crippen molar-refractivity contribution in [3.05, 3.63) is 18.2 Å². The van der Waals surface area contributed by atoms with E-state index in [0.717, 1.165) is 18.2 Å². The van der Waals surface area contributed by atoms with Crippen molar-refractivity contribution in [2.45, 2.75) is 0 Å². The lowest BCUT2D eigenvalue weighted by atomic mass is 10.4. The summed E-state index contributed by atoms with van der Waals surface area (Å²) in [7, 11) is 0. The summed E-state index contributed by atoms with van der Waals surface area (Å²) in [5.74, 6) is 1.90. The number of carbonyl (C=O) groups is 1. The number of amides is 1. The summed E-state index contributed by atoms with van der Waals surface area (Å²) in [6.07, 6.45) is 3.09. The number of rotatable bonds is 1. The van der Waals surface area contributed by atoms with Gasteiger partial charge >= 0.3 is 0 Å². The number of hydrogen-bond donors (Lipinski definition) is 1. The number of carbonyl (C=O) groups excluding carboxylic acids is 1. The molecule has 1 aromatic heterocycles. The van der Waals surface area contributed by atoms with Crippen molar-refractivity contribution in [1.29, 1.82) is 0 Å². The van der Waals surface area contributed by atoms with Crippen LogP contribution in [0.3, 0.4) is 0 Å². The molecule has 1 N–H and O–H groups in total. The predicted octanol–water partition coefficient (Wildman–Crippen LogP) is 0.556. The second-order valence-corrected chi connectivity index (χ2v) is 3.65. The monoisotopic (exact) mass is 183 g/mol. The summed E-state index contributed by atoms with van der Waals surface area (Å²) >= 11 is 1.78. The fraction of sp³-hybridized carbons (Fsp3) is 0.429. The smallest absolute Gasteiger partial charge is 0.272 e. The van der Waals surface area contributed by atoms with Crippen LogP contribution in [0, 0.1) is 0 Å². The normalized spacial score (nSPS) is 16.8. The fourth-order valence-corrected chi connectivity index (χ4v) is 2.06. The molecule has 5 heteroatoms. The average Bonchev–Trinajstić information content (AvgIpc) is 2.77. The van der Waals surface area contributed by atoms with E-state index in [2.05, 4.69) is 9.97 Å². The molecule has 2 heterocycles. The Morgan fingerprint density at radius 3 is 3.25 bits per heavy atom. The van der Waals surface area contributed by atoms with Gasteiger partial charge in [0, 0.05) is 12.3 Å². The average molecular weight is 183 g/mol. The van der Waals surface area contributed by atoms with Gasteiger partial charge in [-0.1, -0.05) is 0 Å². The summed E-state index contributed by atoms with van der Waals surface area (Å²) < 4.78 is 0. The van der Waals surface area contributed by atoms with E-state index in [-0.39, 0.29) is 5.91 Å². The lowest BCUT2D eigenvalue weighted by Crippen LogP contribution is -2.27. The van der Waals surface area contributed by atoms with Crippen LogP contribution in [0.1, 0.15) is 10.5 Å². The van der Waals surface area contributed by atoms with Crippen LogP contribution < -0.4 is 0 Å². The van der Waals surface area contributed by atoms with Crippen molar-refractivity contribution in [3.63, 3.8) is 0 Å². The molecule has 0 radical (unpaired) electrons. The number of thioether (sulfide) groups is 1. The minimum Gasteiger partial charge on any atom is -0.341 e. The van der Waals surface area contributed by atoms with Crippen molar-refractivity contribution in [2.75, 3.05) is 18.2 Å². The molecule has 0 aliphatic carbocycles. The van der Waals surface area contributed by atoms with Gasteiger partial charge in [0.25, 0.3) is 5.91 Å². The Balaban J connectivity index is 2.09. The Labute approximate surface area is 74.4 Å². The highest BCUT2D eigenvalue weighted by Gasteiger charge is 2.20. The van der Waals surface area contributed by atoms with Gasteiger partial charge in [-0.25, -0.2) is 4.98 Å². The molecule has 2 rings (SSSR count). The van der Waals surface area contributed by atoms with E-state index < -0.39 is 0 Å². The lowest BCUT2D eigenvalue weighted by molar-refractivity contribution is 0.0797. The van der Waals surface area contributed by atoms with Crippen LogP contribution in [0.25, 0.3) is 0 Å². The Kier molecular flexibility index (Phi) is 2.03. The highest BCUT2D eigenvalue weighted by Crippen LogP contribution is 2.15. The molecule has 1 saturated heterocycles. The van der Waals surface area contributed by atoms with Crippen molar-refractivity contribution >= 4 is 17.7 Å². The van der Waals surface area contributed by atoms with E-state index in [1.54, 1.807) is 18.0 Å². The van der Waals surface area contributed by atoms with Crippen LogP contribution in [0.5, 0.6) is 0 Å². The van der Waals surface area contributed by atoms with E-state index in [0.29, 0.717) is 5.69 Å². The van der Waals surface area contributed by atoms with Crippen molar-refractivity contribution in [2.24, 2.45) is 0 Å². The van der Waals surface area contributed by atoms with Gasteiger partial charge in [-0.05, 0) is 0 Å². The van der Waals surface area contributed by atoms with Crippen LogP contribution in [0.15, 0.2) is 12.5 Å². The first-order valence-electron chi connectivity index (χ1n) is 3.73. The second-order valence-electron chi connectivity index (χ2n) is 2.57. The quantitative estimate of drug-likeness (QED) is 0.692. The number of imidazole rings is 1. The Morgan fingerprint density at radius 1 is 1.75 bits per heavy atom. The van der Waals surface area contributed by atoms with Crippen LogP contribution in [0.4, 0.5) is 0 Å². The minimum absolute atomic E-state index is 0.0532. The zero-order valence-electron chi connectivity index (χ0n) is 6.49. The maximum absolute atomic E-state index is 11.5. The van der Waals surface area contributed by atoms with Gasteiger partial charge in [0.2, 0.25) is 0 Å². The third kappa shape index (κ3) is 1.32. The SMILES string of the molecule is O=C(c1cnc[nH]1)N1CCSC1. The van der Waals surface area contributed by atoms with Gasteiger partial charge in [0.05, 0.1) is 18.4 Å². The van der Waals surface area contributed by atoms with E-state index in [4.69, 9.17) is 0 Å². The number of nitrogens with one attached hydrogen (secondary N) is 1. The van der Waals surface area contributed by atoms with E-state index in [1.807, 2.05) is 4.90 Å². The fourth-order valence-electron chi connectivity index (χ4n) is 1.12. The molecule has 1 aromatic rings. The maximum atomic E-state index is 11.5. The maximum Gasteiger partial charge on any atom is 0.272 e. The summed E-state index contributed by atoms with van der Waals surface area (Å²) in [6.45, 7) is 0.850. The molecule has 0 saturated carbocycles. The zero-order valence-corrected chi connectivity index (χ0v) is 7.30. The molecule has 0 spiro atoms. The molecule has 12 heavy (non-hydrogen) atoms. The van der Waals surface area contributed by atoms with Gasteiger partial charge in [0.15, 0.2) is 0 Å². The van der Waals surface area contributed by atoms with E-state index in [1.165, 1.54) is 6.33 Å². The molecule has 64 valence electrons. The highest BCUT2D eigenvalue weighted by atomic mass is 32.2. The molecular weight excluding hydrogens is 174 g/mol. The highest BCUT2D eigenvalue weighted by molar-refractivity contribution is 7.99. The van der Waals surface area contributed by atoms with Gasteiger partial charge in [-0.2, -0.15) is 0 Å². The number of aromatic amines is 1. The molecule has 1 aliphatic heterocycles. The molecule has 0 bridgehead atoms. The third-order valence-corrected chi connectivity index (χ3v) is 2.73. The zero-order chi connectivity index (χ0) is 8.39. The van der Waals surface area contributed by atoms with Crippen LogP contribution in [-0.4, -0.2) is 38.9 Å². The Hall–Kier alpha value is -0.970. The molecule has 0 aromatic carbocycles. The molecule has 0 unspecified atom stereocenters. The van der Waals surface area contributed by atoms with Crippen LogP contribution >= 0.6 is 11.8 Å². The molecule has 4 nitrogen and oxygen atoms in total. The van der Waals surface area contributed by atoms with Gasteiger partial charge in [0.1, 0.15) is 5.69 Å². The summed E-state index contributed by atoms with van der Waals surface area (Å²) in [5, 5.41) is 0. The van der Waals surface area contributed by atoms with Crippen molar-refractivity contribution in [3.8, 4) is 0 Å². The standard InChI is InChI=1S/C7H9N3OS/c11-7(6-3-8-4-9-6)10-1-2-12-5-10/h3-4H,1-2,5H2,(H,8,9). The van der Waals surface area contributed by atoms with E-state index in [9.17, 15) is 4.79 Å². The first-order valence-corrected chi connectivity index (χ1v) is 4.89. The first-order chi connectivity index (χ1) is 5.88. The van der Waals surface area contributed by atoms with Crippen molar-refractivity contribution < 1.29 is 4.79 Å². The second kappa shape index (κ2) is 3.18. The minimum atomic E-state index is 0.0532. The summed E-state index contributed by atoms with van der Waals surface area (Å²) in [5.41, 5.74) is 0.581.